The molecular formula is C14H19N3O3S. The molecule has 1 aromatic heterocycles. The molecule has 7 heteroatoms. The van der Waals surface area contributed by atoms with Crippen molar-refractivity contribution in [2.75, 3.05) is 43.2 Å². The van der Waals surface area contributed by atoms with Crippen LogP contribution in [0, 0.1) is 0 Å². The van der Waals surface area contributed by atoms with Crippen LogP contribution in [-0.4, -0.2) is 56.5 Å². The molecule has 21 heavy (non-hydrogen) atoms. The van der Waals surface area contributed by atoms with Crippen molar-refractivity contribution in [3.05, 3.63) is 24.4 Å². The quantitative estimate of drug-likeness (QED) is 0.840. The zero-order valence-electron chi connectivity index (χ0n) is 12.0. The Kier molecular flexibility index (Phi) is 3.86. The Morgan fingerprint density at radius 1 is 1.29 bits per heavy atom. The highest BCUT2D eigenvalue weighted by Crippen LogP contribution is 2.23. The number of nitrogens with zero attached hydrogens (tertiary/aromatic N) is 3. The van der Waals surface area contributed by atoms with E-state index in [1.165, 1.54) is 6.26 Å². The molecule has 1 aromatic carbocycles. The number of anilines is 1. The second kappa shape index (κ2) is 5.65. The minimum absolute atomic E-state index is 0.103. The van der Waals surface area contributed by atoms with Gasteiger partial charge in [-0.2, -0.15) is 5.10 Å². The molecule has 0 N–H and O–H groups in total. The normalized spacial score (nSPS) is 16.5. The maximum atomic E-state index is 11.3. The van der Waals surface area contributed by atoms with Gasteiger partial charge in [-0.3, -0.25) is 4.68 Å². The summed E-state index contributed by atoms with van der Waals surface area (Å²) >= 11 is 0. The van der Waals surface area contributed by atoms with E-state index in [0.29, 0.717) is 6.54 Å². The molecule has 1 aliphatic heterocycles. The number of hydrogen-bond acceptors (Lipinski definition) is 5. The third-order valence-corrected chi connectivity index (χ3v) is 4.60. The zero-order chi connectivity index (χ0) is 14.9. The summed E-state index contributed by atoms with van der Waals surface area (Å²) in [4.78, 5) is 2.27. The van der Waals surface area contributed by atoms with Gasteiger partial charge in [-0.1, -0.05) is 0 Å². The van der Waals surface area contributed by atoms with Crippen LogP contribution in [0.4, 0.5) is 5.69 Å². The van der Waals surface area contributed by atoms with Crippen molar-refractivity contribution >= 4 is 26.4 Å². The number of ether oxygens (including phenoxy) is 1. The van der Waals surface area contributed by atoms with Gasteiger partial charge in [0, 0.05) is 30.4 Å². The third-order valence-electron chi connectivity index (χ3n) is 3.68. The van der Waals surface area contributed by atoms with Gasteiger partial charge in [0.2, 0.25) is 0 Å². The standard InChI is InChI=1S/C14H19N3O3S/c1-21(18,19)9-6-17-14-10-13(3-2-12(14)11-15-17)16-4-7-20-8-5-16/h2-3,10-11H,4-9H2,1H3. The molecule has 0 spiro atoms. The molecule has 114 valence electrons. The Labute approximate surface area is 124 Å². The second-order valence-electron chi connectivity index (χ2n) is 5.34. The highest BCUT2D eigenvalue weighted by Gasteiger charge is 2.13. The summed E-state index contributed by atoms with van der Waals surface area (Å²) in [5.41, 5.74) is 2.11. The van der Waals surface area contributed by atoms with E-state index < -0.39 is 9.84 Å². The molecular weight excluding hydrogens is 290 g/mol. The molecule has 6 nitrogen and oxygen atoms in total. The number of sulfone groups is 1. The SMILES string of the molecule is CS(=O)(=O)CCn1ncc2ccc(N3CCOCC3)cc21. The molecule has 2 heterocycles. The minimum Gasteiger partial charge on any atom is -0.378 e. The van der Waals surface area contributed by atoms with Crippen LogP contribution in [0.3, 0.4) is 0 Å². The van der Waals surface area contributed by atoms with Crippen LogP contribution in [0.1, 0.15) is 0 Å². The summed E-state index contributed by atoms with van der Waals surface area (Å²) in [6.07, 6.45) is 3.03. The van der Waals surface area contributed by atoms with Gasteiger partial charge < -0.3 is 9.64 Å². The monoisotopic (exact) mass is 309 g/mol. The van der Waals surface area contributed by atoms with Crippen LogP contribution < -0.4 is 4.90 Å². The Bertz CT molecular complexity index is 733. The zero-order valence-corrected chi connectivity index (χ0v) is 12.8. The fraction of sp³-hybridized carbons (Fsp3) is 0.500. The number of hydrogen-bond donors (Lipinski definition) is 0. The molecule has 1 aliphatic rings. The lowest BCUT2D eigenvalue weighted by Crippen LogP contribution is -2.36. The van der Waals surface area contributed by atoms with Crippen LogP contribution in [0.25, 0.3) is 10.9 Å². The van der Waals surface area contributed by atoms with Crippen LogP contribution in [-0.2, 0) is 21.1 Å². The Balaban J connectivity index is 1.88. The van der Waals surface area contributed by atoms with Gasteiger partial charge in [-0.15, -0.1) is 0 Å². The van der Waals surface area contributed by atoms with Crippen molar-refractivity contribution in [1.29, 1.82) is 0 Å². The molecule has 1 fully saturated rings. The fourth-order valence-electron chi connectivity index (χ4n) is 2.51. The summed E-state index contributed by atoms with van der Waals surface area (Å²) in [6.45, 7) is 3.62. The maximum absolute atomic E-state index is 11.3. The van der Waals surface area contributed by atoms with Crippen molar-refractivity contribution in [3.8, 4) is 0 Å². The molecule has 0 unspecified atom stereocenters. The predicted molar refractivity (Wildman–Crippen MR) is 82.5 cm³/mol. The lowest BCUT2D eigenvalue weighted by molar-refractivity contribution is 0.122. The number of morpholine rings is 1. The summed E-state index contributed by atoms with van der Waals surface area (Å²) in [7, 11) is -2.99. The first-order valence-electron chi connectivity index (χ1n) is 6.99. The van der Waals surface area contributed by atoms with Gasteiger partial charge in [0.15, 0.2) is 0 Å². The highest BCUT2D eigenvalue weighted by atomic mass is 32.2. The first kappa shape index (κ1) is 14.3. The van der Waals surface area contributed by atoms with Gasteiger partial charge in [0.25, 0.3) is 0 Å². The highest BCUT2D eigenvalue weighted by molar-refractivity contribution is 7.90. The first-order chi connectivity index (χ1) is 10.0. The molecule has 2 aromatic rings. The second-order valence-corrected chi connectivity index (χ2v) is 7.60. The summed E-state index contributed by atoms with van der Waals surface area (Å²) in [5.74, 6) is 0.103. The van der Waals surface area contributed by atoms with Crippen molar-refractivity contribution < 1.29 is 13.2 Å². The van der Waals surface area contributed by atoms with Crippen LogP contribution >= 0.6 is 0 Å². The van der Waals surface area contributed by atoms with Crippen molar-refractivity contribution in [1.82, 2.24) is 9.78 Å². The van der Waals surface area contributed by atoms with Crippen LogP contribution in [0.2, 0.25) is 0 Å². The third kappa shape index (κ3) is 3.36. The molecule has 0 bridgehead atoms. The lowest BCUT2D eigenvalue weighted by Gasteiger charge is -2.28. The van der Waals surface area contributed by atoms with Gasteiger partial charge in [-0.25, -0.2) is 8.42 Å². The van der Waals surface area contributed by atoms with Crippen molar-refractivity contribution in [3.63, 3.8) is 0 Å². The van der Waals surface area contributed by atoms with Crippen LogP contribution in [0.5, 0.6) is 0 Å². The molecule has 0 aliphatic carbocycles. The number of rotatable bonds is 4. The van der Waals surface area contributed by atoms with E-state index in [0.717, 1.165) is 42.9 Å². The van der Waals surface area contributed by atoms with E-state index in [-0.39, 0.29) is 5.75 Å². The van der Waals surface area contributed by atoms with E-state index >= 15 is 0 Å². The van der Waals surface area contributed by atoms with E-state index in [2.05, 4.69) is 22.1 Å². The average molecular weight is 309 g/mol. The summed E-state index contributed by atoms with van der Waals surface area (Å²) in [5, 5.41) is 5.32. The molecule has 0 saturated carbocycles. The van der Waals surface area contributed by atoms with Crippen molar-refractivity contribution in [2.24, 2.45) is 0 Å². The molecule has 0 atom stereocenters. The summed E-state index contributed by atoms with van der Waals surface area (Å²) in [6, 6.07) is 6.19. The van der Waals surface area contributed by atoms with Gasteiger partial charge in [-0.05, 0) is 18.2 Å². The molecule has 0 amide bonds. The molecule has 1 saturated heterocycles. The number of benzene rings is 1. The Morgan fingerprint density at radius 3 is 2.76 bits per heavy atom. The van der Waals surface area contributed by atoms with Gasteiger partial charge in [0.05, 0.1) is 37.2 Å². The van der Waals surface area contributed by atoms with Gasteiger partial charge in [0.1, 0.15) is 9.84 Å². The summed E-state index contributed by atoms with van der Waals surface area (Å²) < 4.78 is 29.8. The largest absolute Gasteiger partial charge is 0.378 e. The van der Waals surface area contributed by atoms with Crippen LogP contribution in [0.15, 0.2) is 24.4 Å². The maximum Gasteiger partial charge on any atom is 0.149 e. The number of fused-ring (bicyclic) bond motifs is 1. The Hall–Kier alpha value is -1.60. The lowest BCUT2D eigenvalue weighted by atomic mass is 10.2. The van der Waals surface area contributed by atoms with E-state index in [4.69, 9.17) is 4.74 Å². The molecule has 0 radical (unpaired) electrons. The van der Waals surface area contributed by atoms with Gasteiger partial charge >= 0.3 is 0 Å². The minimum atomic E-state index is -2.99. The predicted octanol–water partition coefficient (Wildman–Crippen LogP) is 0.917. The molecule has 3 rings (SSSR count). The van der Waals surface area contributed by atoms with E-state index in [1.807, 2.05) is 6.07 Å². The first-order valence-corrected chi connectivity index (χ1v) is 9.05. The average Bonchev–Trinajstić information content (AvgIpc) is 2.87. The van der Waals surface area contributed by atoms with E-state index in [9.17, 15) is 8.42 Å². The smallest absolute Gasteiger partial charge is 0.149 e. The number of aromatic nitrogens is 2. The Morgan fingerprint density at radius 2 is 2.05 bits per heavy atom. The topological polar surface area (TPSA) is 64.4 Å². The van der Waals surface area contributed by atoms with Crippen molar-refractivity contribution in [2.45, 2.75) is 6.54 Å². The van der Waals surface area contributed by atoms with E-state index in [1.54, 1.807) is 10.9 Å². The fourth-order valence-corrected chi connectivity index (χ4v) is 3.01. The number of aryl methyl sites for hydroxylation is 1.